The zero-order chi connectivity index (χ0) is 34.1. The number of ether oxygens (including phenoxy) is 1. The molecule has 0 heterocycles. The minimum Gasteiger partial charge on any atom is -0.497 e. The van der Waals surface area contributed by atoms with Crippen molar-refractivity contribution in [1.29, 1.82) is 0 Å². The number of hydrogen-bond acceptors (Lipinski definition) is 5. The molecule has 0 bridgehead atoms. The first kappa shape index (κ1) is 34.7. The van der Waals surface area contributed by atoms with E-state index in [1.165, 1.54) is 21.3 Å². The third-order valence-electron chi connectivity index (χ3n) is 8.81. The summed E-state index contributed by atoms with van der Waals surface area (Å²) in [6.45, 7) is 3.38. The second kappa shape index (κ2) is 16.0. The minimum atomic E-state index is -4.16. The molecule has 1 fully saturated rings. The van der Waals surface area contributed by atoms with Gasteiger partial charge in [-0.3, -0.25) is 13.9 Å². The maximum absolute atomic E-state index is 14.8. The maximum atomic E-state index is 14.8. The molecule has 0 spiro atoms. The van der Waals surface area contributed by atoms with Gasteiger partial charge in [0.05, 0.1) is 17.7 Å². The highest BCUT2D eigenvalue weighted by Gasteiger charge is 2.35. The molecule has 1 aliphatic carbocycles. The molecule has 1 saturated carbocycles. The summed E-state index contributed by atoms with van der Waals surface area (Å²) in [7, 11) is -2.58. The fraction of sp³-hybridized carbons (Fsp3) is 0.333. The number of methoxy groups -OCH3 is 1. The van der Waals surface area contributed by atoms with Crippen molar-refractivity contribution in [2.24, 2.45) is 0 Å². The van der Waals surface area contributed by atoms with Crippen LogP contribution >= 0.6 is 0 Å². The van der Waals surface area contributed by atoms with Crippen molar-refractivity contribution in [3.05, 3.63) is 125 Å². The number of benzene rings is 4. The first-order chi connectivity index (χ1) is 23.1. The van der Waals surface area contributed by atoms with Crippen molar-refractivity contribution in [2.75, 3.05) is 18.0 Å². The van der Waals surface area contributed by atoms with Crippen LogP contribution in [0.1, 0.15) is 54.4 Å². The van der Waals surface area contributed by atoms with Crippen LogP contribution in [0, 0.1) is 13.8 Å². The number of aryl methyl sites for hydroxylation is 2. The van der Waals surface area contributed by atoms with Crippen LogP contribution in [0.25, 0.3) is 0 Å². The summed E-state index contributed by atoms with van der Waals surface area (Å²) in [6, 6.07) is 29.7. The minimum absolute atomic E-state index is 0.0310. The van der Waals surface area contributed by atoms with E-state index in [0.717, 1.165) is 54.4 Å². The van der Waals surface area contributed by atoms with E-state index >= 15 is 0 Å². The molecule has 1 aliphatic rings. The Morgan fingerprint density at radius 3 is 2.08 bits per heavy atom. The molecule has 8 nitrogen and oxygen atoms in total. The van der Waals surface area contributed by atoms with Crippen LogP contribution in [0.4, 0.5) is 5.69 Å². The van der Waals surface area contributed by atoms with Gasteiger partial charge in [-0.25, -0.2) is 8.42 Å². The lowest BCUT2D eigenvalue weighted by Crippen LogP contribution is -2.55. The van der Waals surface area contributed by atoms with Crippen LogP contribution in [0.3, 0.4) is 0 Å². The fourth-order valence-corrected chi connectivity index (χ4v) is 7.83. The Morgan fingerprint density at radius 1 is 0.812 bits per heavy atom. The SMILES string of the molecule is COc1cccc(CN(C(=O)CN(c2cc(C)cc(C)c2)S(=O)(=O)c2ccccc2)C(Cc2ccccc2)C(=O)NC2CCCCC2)c1. The Kier molecular flexibility index (Phi) is 11.5. The van der Waals surface area contributed by atoms with Crippen molar-refractivity contribution < 1.29 is 22.7 Å². The Morgan fingerprint density at radius 2 is 1.44 bits per heavy atom. The van der Waals surface area contributed by atoms with Crippen LogP contribution in [0.15, 0.2) is 108 Å². The molecular formula is C39H45N3O5S. The lowest BCUT2D eigenvalue weighted by Gasteiger charge is -2.35. The Labute approximate surface area is 284 Å². The molecular weight excluding hydrogens is 623 g/mol. The number of sulfonamides is 1. The zero-order valence-corrected chi connectivity index (χ0v) is 28.8. The van der Waals surface area contributed by atoms with Gasteiger partial charge in [-0.1, -0.05) is 86.0 Å². The molecule has 9 heteroatoms. The maximum Gasteiger partial charge on any atom is 0.264 e. The number of nitrogens with one attached hydrogen (secondary N) is 1. The average molecular weight is 668 g/mol. The van der Waals surface area contributed by atoms with Gasteiger partial charge >= 0.3 is 0 Å². The molecule has 0 saturated heterocycles. The topological polar surface area (TPSA) is 96.0 Å². The van der Waals surface area contributed by atoms with Crippen LogP contribution in [0.5, 0.6) is 5.75 Å². The van der Waals surface area contributed by atoms with E-state index < -0.39 is 28.5 Å². The standard InChI is InChI=1S/C39H45N3O5S/c1-29-22-30(2)24-34(23-29)42(48(45,46)36-20-11-6-12-21-36)28-38(43)41(27-32-16-13-19-35(25-32)47-3)37(26-31-14-7-4-8-15-31)39(44)40-33-17-9-5-10-18-33/h4,6-8,11-16,19-25,33,37H,5,9-10,17-18,26-28H2,1-3H3,(H,40,44). The molecule has 1 atom stereocenters. The average Bonchev–Trinajstić information content (AvgIpc) is 3.09. The second-order valence-corrected chi connectivity index (χ2v) is 14.5. The Bertz CT molecular complexity index is 1770. The highest BCUT2D eigenvalue weighted by molar-refractivity contribution is 7.92. The zero-order valence-electron chi connectivity index (χ0n) is 28.0. The van der Waals surface area contributed by atoms with Crippen LogP contribution in [0.2, 0.25) is 0 Å². The van der Waals surface area contributed by atoms with E-state index in [4.69, 9.17) is 4.74 Å². The largest absolute Gasteiger partial charge is 0.497 e. The molecule has 48 heavy (non-hydrogen) atoms. The first-order valence-electron chi connectivity index (χ1n) is 16.6. The number of amides is 2. The van der Waals surface area contributed by atoms with E-state index in [0.29, 0.717) is 11.4 Å². The first-order valence-corrected chi connectivity index (χ1v) is 18.0. The summed E-state index contributed by atoms with van der Waals surface area (Å²) in [5.41, 5.74) is 3.78. The highest BCUT2D eigenvalue weighted by Crippen LogP contribution is 2.28. The molecule has 0 radical (unpaired) electrons. The number of nitrogens with zero attached hydrogens (tertiary/aromatic N) is 2. The monoisotopic (exact) mass is 667 g/mol. The number of hydrogen-bond donors (Lipinski definition) is 1. The molecule has 1 N–H and O–H groups in total. The van der Waals surface area contributed by atoms with E-state index in [2.05, 4.69) is 5.32 Å². The molecule has 2 amide bonds. The lowest BCUT2D eigenvalue weighted by atomic mass is 9.94. The molecule has 252 valence electrons. The second-order valence-electron chi connectivity index (χ2n) is 12.6. The molecule has 4 aromatic carbocycles. The number of carbonyl (C=O) groups excluding carboxylic acids is 2. The van der Waals surface area contributed by atoms with Gasteiger partial charge in [0.15, 0.2) is 0 Å². The quantitative estimate of drug-likeness (QED) is 0.174. The fourth-order valence-electron chi connectivity index (χ4n) is 6.41. The summed E-state index contributed by atoms with van der Waals surface area (Å²) in [5.74, 6) is -0.114. The number of carbonyl (C=O) groups is 2. The lowest BCUT2D eigenvalue weighted by molar-refractivity contribution is -0.140. The van der Waals surface area contributed by atoms with Crippen molar-refractivity contribution in [1.82, 2.24) is 10.2 Å². The Hall–Kier alpha value is -4.63. The molecule has 5 rings (SSSR count). The highest BCUT2D eigenvalue weighted by atomic mass is 32.2. The molecule has 0 aliphatic heterocycles. The predicted molar refractivity (Wildman–Crippen MR) is 189 cm³/mol. The van der Waals surface area contributed by atoms with E-state index in [9.17, 15) is 18.0 Å². The van der Waals surface area contributed by atoms with Gasteiger partial charge in [0.2, 0.25) is 11.8 Å². The smallest absolute Gasteiger partial charge is 0.264 e. The molecule has 4 aromatic rings. The van der Waals surface area contributed by atoms with Crippen LogP contribution in [-0.4, -0.2) is 50.9 Å². The molecule has 0 aromatic heterocycles. The summed E-state index contributed by atoms with van der Waals surface area (Å²) < 4.78 is 35.2. The van der Waals surface area contributed by atoms with Gasteiger partial charge < -0.3 is 15.0 Å². The van der Waals surface area contributed by atoms with Gasteiger partial charge in [-0.15, -0.1) is 0 Å². The van der Waals surface area contributed by atoms with Crippen molar-refractivity contribution in [2.45, 2.75) is 75.9 Å². The van der Waals surface area contributed by atoms with Gasteiger partial charge in [-0.2, -0.15) is 0 Å². The van der Waals surface area contributed by atoms with E-state index in [1.807, 2.05) is 74.5 Å². The van der Waals surface area contributed by atoms with E-state index in [1.54, 1.807) is 37.4 Å². The third-order valence-corrected chi connectivity index (χ3v) is 10.6. The van der Waals surface area contributed by atoms with Crippen molar-refractivity contribution >= 4 is 27.5 Å². The van der Waals surface area contributed by atoms with Crippen LogP contribution < -0.4 is 14.4 Å². The predicted octanol–water partition coefficient (Wildman–Crippen LogP) is 6.60. The van der Waals surface area contributed by atoms with Gasteiger partial charge in [0.1, 0.15) is 18.3 Å². The Balaban J connectivity index is 1.58. The third kappa shape index (κ3) is 8.83. The van der Waals surface area contributed by atoms with E-state index in [-0.39, 0.29) is 29.8 Å². The normalized spacial score (nSPS) is 14.1. The summed E-state index contributed by atoms with van der Waals surface area (Å²) in [5, 5.41) is 3.25. The number of anilines is 1. The van der Waals surface area contributed by atoms with Gasteiger partial charge in [0, 0.05) is 19.0 Å². The summed E-state index contributed by atoms with van der Waals surface area (Å²) in [6.07, 6.45) is 5.29. The van der Waals surface area contributed by atoms with Gasteiger partial charge in [0.25, 0.3) is 10.0 Å². The van der Waals surface area contributed by atoms with Crippen molar-refractivity contribution in [3.63, 3.8) is 0 Å². The number of rotatable bonds is 13. The summed E-state index contributed by atoms with van der Waals surface area (Å²) >= 11 is 0. The van der Waals surface area contributed by atoms with Crippen molar-refractivity contribution in [3.8, 4) is 5.75 Å². The summed E-state index contributed by atoms with van der Waals surface area (Å²) in [4.78, 5) is 30.7. The molecule has 1 unspecified atom stereocenters. The van der Waals surface area contributed by atoms with Crippen LogP contribution in [-0.2, 0) is 32.6 Å². The van der Waals surface area contributed by atoms with Gasteiger partial charge in [-0.05, 0) is 85.3 Å².